The van der Waals surface area contributed by atoms with Crippen molar-refractivity contribution in [3.63, 3.8) is 0 Å². The molecule has 0 bridgehead atoms. The van der Waals surface area contributed by atoms with E-state index in [4.69, 9.17) is 16.3 Å². The third-order valence-corrected chi connectivity index (χ3v) is 5.02. The maximum atomic E-state index is 11.6. The topological polar surface area (TPSA) is 56.1 Å². The molecular formula is C19H18ClN3O2S. The zero-order chi connectivity index (χ0) is 18.5. The largest absolute Gasteiger partial charge is 0.497 e. The molecule has 0 fully saturated rings. The molecule has 0 aliphatic carbocycles. The van der Waals surface area contributed by atoms with E-state index in [1.165, 1.54) is 11.8 Å². The number of amides is 1. The van der Waals surface area contributed by atoms with Gasteiger partial charge in [0.05, 0.1) is 24.8 Å². The number of nitrogens with zero attached hydrogens (tertiary/aromatic N) is 2. The van der Waals surface area contributed by atoms with Crippen LogP contribution >= 0.6 is 23.4 Å². The maximum Gasteiger partial charge on any atom is 0.230 e. The van der Waals surface area contributed by atoms with E-state index in [2.05, 4.69) is 10.3 Å². The number of rotatable bonds is 6. The molecular weight excluding hydrogens is 370 g/mol. The fourth-order valence-corrected chi connectivity index (χ4v) is 3.43. The minimum absolute atomic E-state index is 0.0494. The van der Waals surface area contributed by atoms with Gasteiger partial charge < -0.3 is 10.1 Å². The Morgan fingerprint density at radius 3 is 2.50 bits per heavy atom. The first-order valence-corrected chi connectivity index (χ1v) is 9.30. The summed E-state index contributed by atoms with van der Waals surface area (Å²) in [5, 5.41) is 4.03. The maximum absolute atomic E-state index is 11.6. The molecule has 0 saturated heterocycles. The van der Waals surface area contributed by atoms with E-state index in [1.807, 2.05) is 59.3 Å². The summed E-state index contributed by atoms with van der Waals surface area (Å²) in [5.41, 5.74) is 2.85. The molecule has 0 spiro atoms. The van der Waals surface area contributed by atoms with Crippen LogP contribution in [-0.4, -0.2) is 35.4 Å². The lowest BCUT2D eigenvalue weighted by Gasteiger charge is -2.12. The average Bonchev–Trinajstić information content (AvgIpc) is 3.10. The fraction of sp³-hybridized carbons (Fsp3) is 0.158. The number of imidazole rings is 1. The predicted molar refractivity (Wildman–Crippen MR) is 105 cm³/mol. The van der Waals surface area contributed by atoms with Crippen LogP contribution in [0.3, 0.4) is 0 Å². The second-order valence-corrected chi connectivity index (χ2v) is 6.81. The first-order chi connectivity index (χ1) is 12.6. The van der Waals surface area contributed by atoms with Gasteiger partial charge in [0, 0.05) is 23.3 Å². The Morgan fingerprint density at radius 1 is 1.19 bits per heavy atom. The standard InChI is InChI=1S/C19H18ClN3O2S/c1-21-18(24)12-26-19-22-11-17(13-3-9-16(25-2)10-4-13)23(19)15-7-5-14(20)6-8-15/h3-11H,12H2,1-2H3,(H,21,24). The van der Waals surface area contributed by atoms with Gasteiger partial charge in [-0.1, -0.05) is 23.4 Å². The van der Waals surface area contributed by atoms with Gasteiger partial charge in [-0.3, -0.25) is 9.36 Å². The van der Waals surface area contributed by atoms with Gasteiger partial charge in [-0.25, -0.2) is 4.98 Å². The Bertz CT molecular complexity index is 892. The van der Waals surface area contributed by atoms with Crippen molar-refractivity contribution < 1.29 is 9.53 Å². The molecule has 0 atom stereocenters. The number of carbonyl (C=O) groups excluding carboxylic acids is 1. The monoisotopic (exact) mass is 387 g/mol. The number of carbonyl (C=O) groups is 1. The van der Waals surface area contributed by atoms with Crippen molar-refractivity contribution in [2.75, 3.05) is 19.9 Å². The minimum Gasteiger partial charge on any atom is -0.497 e. The van der Waals surface area contributed by atoms with Crippen molar-refractivity contribution in [1.29, 1.82) is 0 Å². The van der Waals surface area contributed by atoms with E-state index in [0.717, 1.165) is 27.9 Å². The van der Waals surface area contributed by atoms with E-state index >= 15 is 0 Å². The summed E-state index contributed by atoms with van der Waals surface area (Å²) in [7, 11) is 3.26. The van der Waals surface area contributed by atoms with E-state index in [0.29, 0.717) is 10.8 Å². The van der Waals surface area contributed by atoms with E-state index in [1.54, 1.807) is 14.2 Å². The van der Waals surface area contributed by atoms with Crippen LogP contribution in [0.25, 0.3) is 16.9 Å². The fourth-order valence-electron chi connectivity index (χ4n) is 2.44. The van der Waals surface area contributed by atoms with Crippen LogP contribution in [0.1, 0.15) is 0 Å². The molecule has 2 aromatic carbocycles. The van der Waals surface area contributed by atoms with Crippen LogP contribution < -0.4 is 10.1 Å². The van der Waals surface area contributed by atoms with Crippen LogP contribution in [0.4, 0.5) is 0 Å². The van der Waals surface area contributed by atoms with Crippen LogP contribution in [0.5, 0.6) is 5.75 Å². The highest BCUT2D eigenvalue weighted by atomic mass is 35.5. The molecule has 0 unspecified atom stereocenters. The van der Waals surface area contributed by atoms with Gasteiger partial charge >= 0.3 is 0 Å². The molecule has 0 saturated carbocycles. The summed E-state index contributed by atoms with van der Waals surface area (Å²) >= 11 is 7.41. The molecule has 0 aliphatic rings. The quantitative estimate of drug-likeness (QED) is 0.648. The number of halogens is 1. The minimum atomic E-state index is -0.0494. The molecule has 0 aliphatic heterocycles. The summed E-state index contributed by atoms with van der Waals surface area (Å²) in [5.74, 6) is 1.04. The molecule has 1 N–H and O–H groups in total. The Morgan fingerprint density at radius 2 is 1.88 bits per heavy atom. The van der Waals surface area contributed by atoms with Crippen LogP contribution in [0.15, 0.2) is 59.9 Å². The number of thioether (sulfide) groups is 1. The second kappa shape index (κ2) is 8.29. The van der Waals surface area contributed by atoms with Crippen LogP contribution in [0.2, 0.25) is 5.02 Å². The third kappa shape index (κ3) is 4.03. The van der Waals surface area contributed by atoms with Crippen molar-refractivity contribution in [1.82, 2.24) is 14.9 Å². The lowest BCUT2D eigenvalue weighted by molar-refractivity contribution is -0.118. The first-order valence-electron chi connectivity index (χ1n) is 7.94. The Kier molecular flexibility index (Phi) is 5.85. The van der Waals surface area contributed by atoms with Crippen molar-refractivity contribution in [3.8, 4) is 22.7 Å². The lowest BCUT2D eigenvalue weighted by Crippen LogP contribution is -2.20. The highest BCUT2D eigenvalue weighted by Crippen LogP contribution is 2.31. The molecule has 26 heavy (non-hydrogen) atoms. The van der Waals surface area contributed by atoms with Crippen LogP contribution in [-0.2, 0) is 4.79 Å². The number of ether oxygens (including phenoxy) is 1. The zero-order valence-corrected chi connectivity index (χ0v) is 16.0. The Labute approximate surface area is 161 Å². The van der Waals surface area contributed by atoms with E-state index in [-0.39, 0.29) is 5.91 Å². The van der Waals surface area contributed by atoms with Gasteiger partial charge in [0.15, 0.2) is 5.16 Å². The number of nitrogens with one attached hydrogen (secondary N) is 1. The average molecular weight is 388 g/mol. The van der Waals surface area contributed by atoms with E-state index < -0.39 is 0 Å². The summed E-state index contributed by atoms with van der Waals surface area (Å²) in [6, 6.07) is 15.3. The van der Waals surface area contributed by atoms with Gasteiger partial charge in [-0.2, -0.15) is 0 Å². The van der Waals surface area contributed by atoms with Crippen molar-refractivity contribution >= 4 is 29.3 Å². The molecule has 7 heteroatoms. The van der Waals surface area contributed by atoms with Gasteiger partial charge in [0.1, 0.15) is 5.75 Å². The Balaban J connectivity index is 2.04. The highest BCUT2D eigenvalue weighted by molar-refractivity contribution is 7.99. The lowest BCUT2D eigenvalue weighted by atomic mass is 10.1. The van der Waals surface area contributed by atoms with Crippen molar-refractivity contribution in [3.05, 3.63) is 59.8 Å². The van der Waals surface area contributed by atoms with E-state index in [9.17, 15) is 4.79 Å². The van der Waals surface area contributed by atoms with Crippen LogP contribution in [0, 0.1) is 0 Å². The molecule has 1 heterocycles. The number of benzene rings is 2. The number of hydrogen-bond donors (Lipinski definition) is 1. The zero-order valence-electron chi connectivity index (χ0n) is 14.4. The summed E-state index contributed by atoms with van der Waals surface area (Å²) in [4.78, 5) is 16.1. The van der Waals surface area contributed by atoms with Gasteiger partial charge in [0.25, 0.3) is 0 Å². The normalized spacial score (nSPS) is 10.6. The SMILES string of the molecule is CNC(=O)CSc1ncc(-c2ccc(OC)cc2)n1-c1ccc(Cl)cc1. The summed E-state index contributed by atoms with van der Waals surface area (Å²) in [6.07, 6.45) is 1.81. The van der Waals surface area contributed by atoms with Gasteiger partial charge in [-0.05, 0) is 48.5 Å². The number of hydrogen-bond acceptors (Lipinski definition) is 4. The Hall–Kier alpha value is -2.44. The number of aromatic nitrogens is 2. The smallest absolute Gasteiger partial charge is 0.230 e. The summed E-state index contributed by atoms with van der Waals surface area (Å²) < 4.78 is 7.25. The summed E-state index contributed by atoms with van der Waals surface area (Å²) in [6.45, 7) is 0. The van der Waals surface area contributed by atoms with Crippen molar-refractivity contribution in [2.24, 2.45) is 0 Å². The molecule has 1 aromatic heterocycles. The molecule has 3 aromatic rings. The second-order valence-electron chi connectivity index (χ2n) is 5.43. The predicted octanol–water partition coefficient (Wildman–Crippen LogP) is 4.04. The van der Waals surface area contributed by atoms with Gasteiger partial charge in [0.2, 0.25) is 5.91 Å². The highest BCUT2D eigenvalue weighted by Gasteiger charge is 2.15. The van der Waals surface area contributed by atoms with Crippen molar-refractivity contribution in [2.45, 2.75) is 5.16 Å². The molecule has 1 amide bonds. The third-order valence-electron chi connectivity index (χ3n) is 3.81. The molecule has 0 radical (unpaired) electrons. The molecule has 5 nitrogen and oxygen atoms in total. The number of methoxy groups -OCH3 is 1. The molecule has 3 rings (SSSR count). The molecule has 134 valence electrons. The van der Waals surface area contributed by atoms with Gasteiger partial charge in [-0.15, -0.1) is 0 Å². The first kappa shape index (κ1) is 18.4.